The molecule has 0 saturated heterocycles. The zero-order chi connectivity index (χ0) is 8.15. The number of halogens is 2. The van der Waals surface area contributed by atoms with Crippen LogP contribution in [0.5, 0.6) is 0 Å². The first kappa shape index (κ1) is 8.95. The third kappa shape index (κ3) is 5.09. The van der Waals surface area contributed by atoms with E-state index in [9.17, 15) is 23.2 Å². The molecule has 0 spiro atoms. The first-order valence-corrected chi connectivity index (χ1v) is 2.83. The van der Waals surface area contributed by atoms with Crippen molar-refractivity contribution in [1.29, 1.82) is 0 Å². The van der Waals surface area contributed by atoms with Crippen molar-refractivity contribution in [3.05, 3.63) is 0 Å². The standard InChI is InChI=1S/C2H2F2N2O3S/c3-1(7)5-10(9)6-2(4)8/h(H,5,7)(H,6,8)/p-2. The molecule has 5 nitrogen and oxygen atoms in total. The van der Waals surface area contributed by atoms with Crippen LogP contribution in [0.15, 0.2) is 8.80 Å². The maximum Gasteiger partial charge on any atom is 0.268 e. The molecule has 0 aromatic carbocycles. The Morgan fingerprint density at radius 1 is 1.20 bits per heavy atom. The van der Waals surface area contributed by atoms with E-state index >= 15 is 0 Å². The van der Waals surface area contributed by atoms with Gasteiger partial charge >= 0.3 is 0 Å². The Bertz CT molecular complexity index is 175. The highest BCUT2D eigenvalue weighted by Gasteiger charge is 1.88. The maximum atomic E-state index is 11.1. The highest BCUT2D eigenvalue weighted by atomic mass is 32.2. The molecule has 0 heterocycles. The molecule has 0 aromatic rings. The second-order valence-electron chi connectivity index (χ2n) is 0.919. The predicted molar refractivity (Wildman–Crippen MR) is 25.2 cm³/mol. The molecule has 0 N–H and O–H groups in total. The van der Waals surface area contributed by atoms with Crippen LogP contribution >= 0.6 is 0 Å². The van der Waals surface area contributed by atoms with Crippen LogP contribution in [0.2, 0.25) is 0 Å². The molecule has 0 radical (unpaired) electrons. The zero-order valence-corrected chi connectivity index (χ0v) is 5.10. The fourth-order valence-corrected chi connectivity index (χ4v) is 0.430. The van der Waals surface area contributed by atoms with Gasteiger partial charge in [0.15, 0.2) is 12.3 Å². The highest BCUT2D eigenvalue weighted by Crippen LogP contribution is 1.86. The van der Waals surface area contributed by atoms with Crippen molar-refractivity contribution in [2.24, 2.45) is 8.80 Å². The Kier molecular flexibility index (Phi) is 3.47. The molecular weight excluding hydrogens is 170 g/mol. The molecule has 0 fully saturated rings. The maximum absolute atomic E-state index is 11.1. The number of hydrogen-bond acceptors (Lipinski definition) is 3. The smallest absolute Gasteiger partial charge is 0.268 e. The molecule has 0 aliphatic rings. The van der Waals surface area contributed by atoms with Crippen LogP contribution in [-0.4, -0.2) is 16.5 Å². The molecule has 0 atom stereocenters. The quantitative estimate of drug-likeness (QED) is 0.352. The van der Waals surface area contributed by atoms with Gasteiger partial charge in [-0.3, -0.25) is 0 Å². The normalized spacial score (nSPS) is 14.3. The topological polar surface area (TPSA) is 87.9 Å². The summed E-state index contributed by atoms with van der Waals surface area (Å²) >= 11 is -2.78. The van der Waals surface area contributed by atoms with Gasteiger partial charge in [-0.2, -0.15) is 8.80 Å². The number of hydrogen-bond donors (Lipinski definition) is 0. The van der Waals surface area contributed by atoms with E-state index in [0.29, 0.717) is 0 Å². The molecular formula is C2F2N2O3S-2. The molecule has 0 saturated carbocycles. The van der Waals surface area contributed by atoms with Gasteiger partial charge < -0.3 is 10.2 Å². The first-order valence-electron chi connectivity index (χ1n) is 1.77. The SMILES string of the molecule is O=S(/N=C(\[O-])F)/N=C(\[O-])F. The van der Waals surface area contributed by atoms with E-state index in [2.05, 4.69) is 8.80 Å². The minimum absolute atomic E-state index is 2.06. The minimum Gasteiger partial charge on any atom is -0.836 e. The van der Waals surface area contributed by atoms with Gasteiger partial charge in [-0.15, -0.1) is 0 Å². The summed E-state index contributed by atoms with van der Waals surface area (Å²) < 4.78 is 36.3. The third-order valence-corrected chi connectivity index (χ3v) is 0.899. The summed E-state index contributed by atoms with van der Waals surface area (Å²) in [6, 6.07) is 0. The predicted octanol–water partition coefficient (Wildman–Crippen LogP) is -2.06. The van der Waals surface area contributed by atoms with Gasteiger partial charge in [0.25, 0.3) is 11.2 Å². The lowest BCUT2D eigenvalue weighted by Gasteiger charge is -1.95. The lowest BCUT2D eigenvalue weighted by molar-refractivity contribution is -0.233. The molecule has 0 aliphatic carbocycles. The van der Waals surface area contributed by atoms with E-state index in [1.807, 2.05) is 0 Å². The molecule has 0 bridgehead atoms. The van der Waals surface area contributed by atoms with Gasteiger partial charge in [0.05, 0.1) is 0 Å². The monoisotopic (exact) mass is 170 g/mol. The average molecular weight is 170 g/mol. The lowest BCUT2D eigenvalue weighted by Crippen LogP contribution is -2.13. The van der Waals surface area contributed by atoms with Crippen LogP contribution in [-0.2, 0) is 11.2 Å². The summed E-state index contributed by atoms with van der Waals surface area (Å²) in [6.07, 6.45) is -4.55. The summed E-state index contributed by atoms with van der Waals surface area (Å²) in [5, 5.41) is 18.6. The number of nitrogens with zero attached hydrogens (tertiary/aromatic N) is 2. The van der Waals surface area contributed by atoms with E-state index in [-0.39, 0.29) is 0 Å². The van der Waals surface area contributed by atoms with Crippen molar-refractivity contribution < 1.29 is 23.2 Å². The first-order chi connectivity index (χ1) is 4.52. The highest BCUT2D eigenvalue weighted by molar-refractivity contribution is 7.82. The fraction of sp³-hybridized carbons (Fsp3) is 0. The van der Waals surface area contributed by atoms with Crippen LogP contribution in [0.25, 0.3) is 0 Å². The number of rotatable bonds is 2. The summed E-state index contributed by atoms with van der Waals surface area (Å²) in [5.74, 6) is 0. The van der Waals surface area contributed by atoms with Crippen molar-refractivity contribution in [2.75, 3.05) is 0 Å². The van der Waals surface area contributed by atoms with E-state index in [1.54, 1.807) is 0 Å². The fourth-order valence-electron chi connectivity index (χ4n) is 0.143. The molecule has 0 rings (SSSR count). The Morgan fingerprint density at radius 2 is 1.50 bits per heavy atom. The van der Waals surface area contributed by atoms with Crippen molar-refractivity contribution in [1.82, 2.24) is 0 Å². The van der Waals surface area contributed by atoms with Gasteiger partial charge in [0.2, 0.25) is 0 Å². The van der Waals surface area contributed by atoms with Gasteiger partial charge in [0, 0.05) is 0 Å². The van der Waals surface area contributed by atoms with E-state index < -0.39 is 23.5 Å². The summed E-state index contributed by atoms with van der Waals surface area (Å²) in [5.41, 5.74) is 0. The average Bonchev–Trinajstić information content (AvgIpc) is 1.58. The Labute approximate surface area is 56.5 Å². The largest absolute Gasteiger partial charge is 0.836 e. The van der Waals surface area contributed by atoms with Crippen LogP contribution < -0.4 is 10.2 Å². The molecule has 0 aromatic heterocycles. The molecule has 8 heteroatoms. The third-order valence-electron chi connectivity index (χ3n) is 0.300. The van der Waals surface area contributed by atoms with E-state index in [1.165, 1.54) is 0 Å². The van der Waals surface area contributed by atoms with E-state index in [0.717, 1.165) is 0 Å². The van der Waals surface area contributed by atoms with Crippen molar-refractivity contribution in [3.8, 4) is 0 Å². The Morgan fingerprint density at radius 3 is 1.70 bits per heavy atom. The van der Waals surface area contributed by atoms with Crippen molar-refractivity contribution >= 4 is 23.5 Å². The zero-order valence-electron chi connectivity index (χ0n) is 4.28. The molecule has 0 amide bonds. The van der Waals surface area contributed by atoms with Crippen LogP contribution in [0.3, 0.4) is 0 Å². The van der Waals surface area contributed by atoms with E-state index in [4.69, 9.17) is 0 Å². The summed E-state index contributed by atoms with van der Waals surface area (Å²) in [7, 11) is 0. The van der Waals surface area contributed by atoms with Crippen molar-refractivity contribution in [3.63, 3.8) is 0 Å². The lowest BCUT2D eigenvalue weighted by atomic mass is 11.5. The van der Waals surface area contributed by atoms with Crippen LogP contribution in [0, 0.1) is 0 Å². The van der Waals surface area contributed by atoms with Gasteiger partial charge in [-0.1, -0.05) is 0 Å². The molecule has 58 valence electrons. The summed E-state index contributed by atoms with van der Waals surface area (Å²) in [4.78, 5) is 0. The van der Waals surface area contributed by atoms with Crippen LogP contribution in [0.4, 0.5) is 8.78 Å². The second kappa shape index (κ2) is 3.88. The van der Waals surface area contributed by atoms with Crippen molar-refractivity contribution in [2.45, 2.75) is 0 Å². The molecule has 10 heavy (non-hydrogen) atoms. The molecule has 0 unspecified atom stereocenters. The second-order valence-corrected chi connectivity index (χ2v) is 1.75. The van der Waals surface area contributed by atoms with Gasteiger partial charge in [-0.25, -0.2) is 13.0 Å². The van der Waals surface area contributed by atoms with Crippen LogP contribution in [0.1, 0.15) is 0 Å². The Hall–Kier alpha value is -1.05. The van der Waals surface area contributed by atoms with Gasteiger partial charge in [-0.05, 0) is 0 Å². The van der Waals surface area contributed by atoms with Gasteiger partial charge in [0.1, 0.15) is 0 Å². The summed E-state index contributed by atoms with van der Waals surface area (Å²) in [6.45, 7) is 0. The Balaban J connectivity index is 4.14. The molecule has 0 aliphatic heterocycles. The minimum atomic E-state index is -2.78.